The number of piperazine rings is 1. The number of ether oxygens (including phenoxy) is 2. The molecule has 0 aromatic heterocycles. The quantitative estimate of drug-likeness (QED) is 0.138. The number of carbonyl (C=O) groups is 2. The summed E-state index contributed by atoms with van der Waals surface area (Å²) in [6, 6.07) is 7.42. The molecule has 36 heavy (non-hydrogen) atoms. The summed E-state index contributed by atoms with van der Waals surface area (Å²) in [5.41, 5.74) is 1.07. The van der Waals surface area contributed by atoms with Gasteiger partial charge in [-0.05, 0) is 62.8 Å². The van der Waals surface area contributed by atoms with E-state index in [1.807, 2.05) is 58.9 Å². The average Bonchev–Trinajstić information content (AvgIpc) is 2.82. The zero-order valence-corrected chi connectivity index (χ0v) is 25.0. The number of para-hydroxylation sites is 1. The normalized spacial score (nSPS) is 16.3. The van der Waals surface area contributed by atoms with E-state index in [0.717, 1.165) is 51.3 Å². The van der Waals surface area contributed by atoms with E-state index in [2.05, 4.69) is 45.9 Å². The summed E-state index contributed by atoms with van der Waals surface area (Å²) in [6.45, 7) is 21.7. The number of rotatable bonds is 11. The number of halogens is 1. The molecule has 0 bridgehead atoms. The van der Waals surface area contributed by atoms with Crippen molar-refractivity contribution in [3.05, 3.63) is 51.6 Å². The fourth-order valence-corrected chi connectivity index (χ4v) is 4.29. The van der Waals surface area contributed by atoms with Gasteiger partial charge in [0.15, 0.2) is 0 Å². The lowest BCUT2D eigenvalue weighted by atomic mass is 9.81. The van der Waals surface area contributed by atoms with E-state index < -0.39 is 10.8 Å². The van der Waals surface area contributed by atoms with E-state index in [9.17, 15) is 9.59 Å². The Bertz CT molecular complexity index is 941. The van der Waals surface area contributed by atoms with Crippen LogP contribution in [-0.4, -0.2) is 67.6 Å². The Morgan fingerprint density at radius 2 is 1.61 bits per heavy atom. The second kappa shape index (κ2) is 13.7. The van der Waals surface area contributed by atoms with E-state index in [0.29, 0.717) is 12.4 Å². The smallest absolute Gasteiger partial charge is 0.316 e. The summed E-state index contributed by atoms with van der Waals surface area (Å²) in [5.74, 6) is -0.0424. The van der Waals surface area contributed by atoms with Crippen molar-refractivity contribution in [2.24, 2.45) is 5.41 Å². The molecule has 1 aromatic carbocycles. The number of nitrogens with zero attached hydrogens (tertiary/aromatic N) is 2. The molecule has 0 spiro atoms. The Morgan fingerprint density at radius 3 is 2.19 bits per heavy atom. The lowest BCUT2D eigenvalue weighted by Gasteiger charge is -2.34. The molecule has 0 N–H and O–H groups in total. The van der Waals surface area contributed by atoms with Gasteiger partial charge in [0.2, 0.25) is 0 Å². The highest BCUT2D eigenvalue weighted by atomic mass is 127. The second-order valence-electron chi connectivity index (χ2n) is 11.2. The molecule has 1 saturated heterocycles. The summed E-state index contributed by atoms with van der Waals surface area (Å²) < 4.78 is 12.5. The molecular formula is C29H43IN2O4. The number of benzene rings is 1. The second-order valence-corrected chi connectivity index (χ2v) is 12.3. The van der Waals surface area contributed by atoms with Crippen LogP contribution in [0.25, 0.3) is 0 Å². The maximum Gasteiger partial charge on any atom is 0.316 e. The van der Waals surface area contributed by atoms with Gasteiger partial charge in [0.25, 0.3) is 0 Å². The molecule has 0 radical (unpaired) electrons. The van der Waals surface area contributed by atoms with Crippen LogP contribution in [0.15, 0.2) is 46.1 Å². The van der Waals surface area contributed by atoms with Gasteiger partial charge in [0.05, 0.1) is 11.8 Å². The number of hydrogen-bond donors (Lipinski definition) is 0. The highest BCUT2D eigenvalue weighted by Crippen LogP contribution is 2.35. The van der Waals surface area contributed by atoms with Gasteiger partial charge in [0.1, 0.15) is 12.4 Å². The Morgan fingerprint density at radius 1 is 1.03 bits per heavy atom. The molecule has 6 nitrogen and oxygen atoms in total. The van der Waals surface area contributed by atoms with Crippen LogP contribution < -0.4 is 4.74 Å². The molecular weight excluding hydrogens is 567 g/mol. The fraction of sp³-hybridized carbons (Fsp3) is 0.586. The highest BCUT2D eigenvalue weighted by molar-refractivity contribution is 14.1. The molecule has 1 fully saturated rings. The first-order valence-electron chi connectivity index (χ1n) is 12.7. The molecule has 0 amide bonds. The van der Waals surface area contributed by atoms with Crippen LogP contribution >= 0.6 is 22.6 Å². The van der Waals surface area contributed by atoms with E-state index in [1.165, 1.54) is 9.15 Å². The molecule has 0 saturated carbocycles. The maximum absolute atomic E-state index is 12.7. The first kappa shape index (κ1) is 30.5. The lowest BCUT2D eigenvalue weighted by Crippen LogP contribution is -2.47. The SMILES string of the molecule is C=C/C(I)=C(/C)CCN1CCN(CCOC(=O)CC(C)(C)c2ccccc2OC(=O)C(C)(C)C)CC1. The van der Waals surface area contributed by atoms with E-state index in [-0.39, 0.29) is 18.4 Å². The summed E-state index contributed by atoms with van der Waals surface area (Å²) in [5, 5.41) is 0. The van der Waals surface area contributed by atoms with Crippen molar-refractivity contribution in [3.63, 3.8) is 0 Å². The fourth-order valence-electron chi connectivity index (χ4n) is 4.02. The van der Waals surface area contributed by atoms with Crippen LogP contribution in [-0.2, 0) is 19.7 Å². The number of hydrogen-bond acceptors (Lipinski definition) is 6. The molecule has 2 rings (SSSR count). The van der Waals surface area contributed by atoms with Crippen molar-refractivity contribution in [1.29, 1.82) is 0 Å². The first-order valence-corrected chi connectivity index (χ1v) is 13.8. The topological polar surface area (TPSA) is 59.1 Å². The van der Waals surface area contributed by atoms with Crippen molar-refractivity contribution < 1.29 is 19.1 Å². The summed E-state index contributed by atoms with van der Waals surface area (Å²) >= 11 is 2.34. The van der Waals surface area contributed by atoms with Crippen molar-refractivity contribution in [3.8, 4) is 5.75 Å². The van der Waals surface area contributed by atoms with E-state index in [1.54, 1.807) is 6.07 Å². The van der Waals surface area contributed by atoms with Crippen molar-refractivity contribution in [2.45, 2.75) is 59.8 Å². The third kappa shape index (κ3) is 9.63. The molecule has 1 aliphatic rings. The summed E-state index contributed by atoms with van der Waals surface area (Å²) in [7, 11) is 0. The Balaban J connectivity index is 1.79. The van der Waals surface area contributed by atoms with E-state index in [4.69, 9.17) is 9.47 Å². The van der Waals surface area contributed by atoms with Gasteiger partial charge >= 0.3 is 11.9 Å². The Hall–Kier alpha value is -1.71. The molecule has 0 unspecified atom stereocenters. The van der Waals surface area contributed by atoms with Crippen LogP contribution in [0.2, 0.25) is 0 Å². The van der Waals surface area contributed by atoms with Crippen molar-refractivity contribution in [1.82, 2.24) is 9.80 Å². The van der Waals surface area contributed by atoms with Gasteiger partial charge in [0, 0.05) is 53.8 Å². The minimum Gasteiger partial charge on any atom is -0.464 e. The van der Waals surface area contributed by atoms with Crippen molar-refractivity contribution in [2.75, 3.05) is 45.9 Å². The minimum absolute atomic E-state index is 0.210. The van der Waals surface area contributed by atoms with E-state index >= 15 is 0 Å². The highest BCUT2D eigenvalue weighted by Gasteiger charge is 2.31. The molecule has 0 aliphatic carbocycles. The lowest BCUT2D eigenvalue weighted by molar-refractivity contribution is -0.145. The molecule has 0 atom stereocenters. The number of allylic oxidation sites excluding steroid dienone is 2. The van der Waals surface area contributed by atoms with Crippen LogP contribution in [0.5, 0.6) is 5.75 Å². The zero-order chi connectivity index (χ0) is 26.9. The average molecular weight is 611 g/mol. The Labute approximate surface area is 231 Å². The van der Waals surface area contributed by atoms with Gasteiger partial charge in [-0.25, -0.2) is 0 Å². The van der Waals surface area contributed by atoms with Gasteiger partial charge in [-0.15, -0.1) is 0 Å². The van der Waals surface area contributed by atoms with Gasteiger partial charge in [-0.3, -0.25) is 14.5 Å². The van der Waals surface area contributed by atoms with Crippen LogP contribution in [0.3, 0.4) is 0 Å². The van der Waals surface area contributed by atoms with Gasteiger partial charge in [-0.2, -0.15) is 0 Å². The largest absolute Gasteiger partial charge is 0.464 e. The predicted octanol–water partition coefficient (Wildman–Crippen LogP) is 5.75. The van der Waals surface area contributed by atoms with Crippen molar-refractivity contribution >= 4 is 34.5 Å². The predicted molar refractivity (Wildman–Crippen MR) is 155 cm³/mol. The molecule has 200 valence electrons. The van der Waals surface area contributed by atoms with Crippen LogP contribution in [0.4, 0.5) is 0 Å². The third-order valence-electron chi connectivity index (χ3n) is 6.54. The third-order valence-corrected chi connectivity index (χ3v) is 7.90. The number of esters is 2. The maximum atomic E-state index is 12.7. The summed E-state index contributed by atoms with van der Waals surface area (Å²) in [6.07, 6.45) is 3.19. The zero-order valence-electron chi connectivity index (χ0n) is 22.9. The van der Waals surface area contributed by atoms with Crippen LogP contribution in [0, 0.1) is 5.41 Å². The minimum atomic E-state index is -0.609. The molecule has 1 aliphatic heterocycles. The monoisotopic (exact) mass is 610 g/mol. The number of carbonyl (C=O) groups excluding carboxylic acids is 2. The molecule has 7 heteroatoms. The summed E-state index contributed by atoms with van der Waals surface area (Å²) in [4.78, 5) is 29.9. The first-order chi connectivity index (χ1) is 16.8. The molecule has 1 aromatic rings. The molecule has 1 heterocycles. The van der Waals surface area contributed by atoms with Gasteiger partial charge in [-0.1, -0.05) is 50.3 Å². The van der Waals surface area contributed by atoms with Gasteiger partial charge < -0.3 is 14.4 Å². The van der Waals surface area contributed by atoms with Crippen LogP contribution in [0.1, 0.15) is 59.9 Å². The Kier molecular flexibility index (Phi) is 11.6. The standard InChI is InChI=1S/C29H43IN2O4/c1-8-24(30)22(2)13-14-31-15-17-32(18-16-31)19-20-35-26(33)21-29(6,7)23-11-9-10-12-25(23)36-27(34)28(3,4)5/h8-12H,1,13-21H2,2-7H3/b24-22+.